The summed E-state index contributed by atoms with van der Waals surface area (Å²) >= 11 is 2.26. The summed E-state index contributed by atoms with van der Waals surface area (Å²) in [5.41, 5.74) is 0.985. The van der Waals surface area contributed by atoms with Crippen LogP contribution in [-0.2, 0) is 6.54 Å². The Labute approximate surface area is 108 Å². The van der Waals surface area contributed by atoms with Gasteiger partial charge in [-0.1, -0.05) is 19.1 Å². The molecule has 0 unspecified atom stereocenters. The maximum atomic E-state index is 5.56. The van der Waals surface area contributed by atoms with Gasteiger partial charge in [-0.05, 0) is 41.3 Å². The van der Waals surface area contributed by atoms with Crippen molar-refractivity contribution in [2.45, 2.75) is 13.5 Å². The number of benzene rings is 1. The highest BCUT2D eigenvalue weighted by molar-refractivity contribution is 14.1. The Kier molecular flexibility index (Phi) is 3.89. The summed E-state index contributed by atoms with van der Waals surface area (Å²) in [4.78, 5) is 0. The van der Waals surface area contributed by atoms with Gasteiger partial charge in [-0.25, -0.2) is 0 Å². The van der Waals surface area contributed by atoms with Crippen molar-refractivity contribution < 1.29 is 4.42 Å². The molecule has 0 aliphatic heterocycles. The molecule has 0 spiro atoms. The molecule has 2 rings (SSSR count). The van der Waals surface area contributed by atoms with Gasteiger partial charge in [0.1, 0.15) is 0 Å². The lowest BCUT2D eigenvalue weighted by Crippen LogP contribution is -2.11. The van der Waals surface area contributed by atoms with Gasteiger partial charge < -0.3 is 9.73 Å². The molecule has 16 heavy (non-hydrogen) atoms. The smallest absolute Gasteiger partial charge is 0.248 e. The number of hydrogen-bond acceptors (Lipinski definition) is 4. The maximum absolute atomic E-state index is 5.56. The third-order valence-electron chi connectivity index (χ3n) is 2.10. The van der Waals surface area contributed by atoms with E-state index in [1.807, 2.05) is 31.2 Å². The molecule has 0 aliphatic carbocycles. The van der Waals surface area contributed by atoms with E-state index in [2.05, 4.69) is 38.1 Å². The van der Waals surface area contributed by atoms with E-state index in [0.717, 1.165) is 15.7 Å². The maximum Gasteiger partial charge on any atom is 0.248 e. The van der Waals surface area contributed by atoms with Gasteiger partial charge in [0.25, 0.3) is 0 Å². The van der Waals surface area contributed by atoms with E-state index in [9.17, 15) is 0 Å². The molecule has 1 aromatic carbocycles. The molecule has 1 heterocycles. The van der Waals surface area contributed by atoms with Crippen molar-refractivity contribution in [3.8, 4) is 11.5 Å². The zero-order chi connectivity index (χ0) is 11.4. The Morgan fingerprint density at radius 2 is 2.12 bits per heavy atom. The van der Waals surface area contributed by atoms with Crippen LogP contribution in [0.2, 0.25) is 0 Å². The summed E-state index contributed by atoms with van der Waals surface area (Å²) in [7, 11) is 0. The summed E-state index contributed by atoms with van der Waals surface area (Å²) in [5, 5.41) is 11.2. The van der Waals surface area contributed by atoms with Crippen molar-refractivity contribution >= 4 is 22.6 Å². The SMILES string of the molecule is CCNCc1nnc(-c2ccccc2I)o1. The number of hydrogen-bond donors (Lipinski definition) is 1. The summed E-state index contributed by atoms with van der Waals surface area (Å²) in [6.07, 6.45) is 0. The normalized spacial score (nSPS) is 10.6. The molecular weight excluding hydrogens is 317 g/mol. The van der Waals surface area contributed by atoms with E-state index in [1.54, 1.807) is 0 Å². The van der Waals surface area contributed by atoms with Crippen molar-refractivity contribution in [3.05, 3.63) is 33.7 Å². The van der Waals surface area contributed by atoms with Crippen LogP contribution in [-0.4, -0.2) is 16.7 Å². The second kappa shape index (κ2) is 5.40. The molecular formula is C11H12IN3O. The first kappa shape index (κ1) is 11.5. The molecule has 0 atom stereocenters. The van der Waals surface area contributed by atoms with Gasteiger partial charge in [-0.3, -0.25) is 0 Å². The average molecular weight is 329 g/mol. The minimum atomic E-state index is 0.581. The van der Waals surface area contributed by atoms with E-state index in [4.69, 9.17) is 4.42 Å². The second-order valence-electron chi connectivity index (χ2n) is 3.26. The lowest BCUT2D eigenvalue weighted by Gasteiger charge is -1.97. The van der Waals surface area contributed by atoms with Gasteiger partial charge >= 0.3 is 0 Å². The van der Waals surface area contributed by atoms with Gasteiger partial charge in [0.15, 0.2) is 0 Å². The lowest BCUT2D eigenvalue weighted by molar-refractivity contribution is 0.482. The molecule has 0 saturated heterocycles. The van der Waals surface area contributed by atoms with Crippen molar-refractivity contribution in [1.82, 2.24) is 15.5 Å². The Bertz CT molecular complexity index is 470. The Hall–Kier alpha value is -0.950. The molecule has 0 radical (unpaired) electrons. The van der Waals surface area contributed by atoms with E-state index in [1.165, 1.54) is 0 Å². The summed E-state index contributed by atoms with van der Waals surface area (Å²) in [5.74, 6) is 1.20. The average Bonchev–Trinajstić information content (AvgIpc) is 2.75. The number of halogens is 1. The van der Waals surface area contributed by atoms with Crippen molar-refractivity contribution in [1.29, 1.82) is 0 Å². The number of nitrogens with one attached hydrogen (secondary N) is 1. The Morgan fingerprint density at radius 1 is 1.31 bits per heavy atom. The minimum Gasteiger partial charge on any atom is -0.419 e. The third-order valence-corrected chi connectivity index (χ3v) is 3.04. The van der Waals surface area contributed by atoms with Crippen LogP contribution in [0.3, 0.4) is 0 Å². The third kappa shape index (κ3) is 2.59. The van der Waals surface area contributed by atoms with Crippen LogP contribution in [0.15, 0.2) is 28.7 Å². The number of aromatic nitrogens is 2. The first-order chi connectivity index (χ1) is 7.81. The lowest BCUT2D eigenvalue weighted by atomic mass is 10.2. The van der Waals surface area contributed by atoms with Gasteiger partial charge in [0.05, 0.1) is 12.1 Å². The van der Waals surface area contributed by atoms with Crippen molar-refractivity contribution in [2.24, 2.45) is 0 Å². The fourth-order valence-electron chi connectivity index (χ4n) is 1.30. The molecule has 0 amide bonds. The first-order valence-corrected chi connectivity index (χ1v) is 6.17. The van der Waals surface area contributed by atoms with Crippen LogP contribution in [0, 0.1) is 3.57 Å². The molecule has 5 heteroatoms. The molecule has 0 saturated carbocycles. The molecule has 0 bridgehead atoms. The summed E-state index contributed by atoms with van der Waals surface area (Å²) in [6, 6.07) is 7.95. The molecule has 1 N–H and O–H groups in total. The molecule has 1 aromatic heterocycles. The standard InChI is InChI=1S/C11H12IN3O/c1-2-13-7-10-14-15-11(16-10)8-5-3-4-6-9(8)12/h3-6,13H,2,7H2,1H3. The van der Waals surface area contributed by atoms with Crippen LogP contribution in [0.25, 0.3) is 11.5 Å². The molecule has 84 valence electrons. The predicted molar refractivity (Wildman–Crippen MR) is 69.8 cm³/mol. The highest BCUT2D eigenvalue weighted by atomic mass is 127. The zero-order valence-electron chi connectivity index (χ0n) is 8.90. The second-order valence-corrected chi connectivity index (χ2v) is 4.42. The quantitative estimate of drug-likeness (QED) is 0.876. The van der Waals surface area contributed by atoms with Gasteiger partial charge in [0.2, 0.25) is 11.8 Å². The van der Waals surface area contributed by atoms with Gasteiger partial charge in [-0.2, -0.15) is 0 Å². The van der Waals surface area contributed by atoms with Crippen LogP contribution in [0.5, 0.6) is 0 Å². The summed E-state index contributed by atoms with van der Waals surface area (Å²) < 4.78 is 6.67. The Morgan fingerprint density at radius 3 is 2.88 bits per heavy atom. The van der Waals surface area contributed by atoms with Crippen LogP contribution in [0.1, 0.15) is 12.8 Å². The van der Waals surface area contributed by atoms with Crippen LogP contribution < -0.4 is 5.32 Å². The van der Waals surface area contributed by atoms with Crippen molar-refractivity contribution in [2.75, 3.05) is 6.54 Å². The highest BCUT2D eigenvalue weighted by Gasteiger charge is 2.10. The predicted octanol–water partition coefficient (Wildman–Crippen LogP) is 2.45. The van der Waals surface area contributed by atoms with Gasteiger partial charge in [0, 0.05) is 3.57 Å². The Balaban J connectivity index is 2.22. The van der Waals surface area contributed by atoms with Crippen LogP contribution >= 0.6 is 22.6 Å². The minimum absolute atomic E-state index is 0.581. The van der Waals surface area contributed by atoms with E-state index in [0.29, 0.717) is 18.3 Å². The fraction of sp³-hybridized carbons (Fsp3) is 0.273. The molecule has 2 aromatic rings. The van der Waals surface area contributed by atoms with Gasteiger partial charge in [-0.15, -0.1) is 10.2 Å². The number of rotatable bonds is 4. The topological polar surface area (TPSA) is 51.0 Å². The van der Waals surface area contributed by atoms with Crippen molar-refractivity contribution in [3.63, 3.8) is 0 Å². The number of nitrogens with zero attached hydrogens (tertiary/aromatic N) is 2. The largest absolute Gasteiger partial charge is 0.419 e. The fourth-order valence-corrected chi connectivity index (χ4v) is 1.92. The molecule has 0 aliphatic rings. The van der Waals surface area contributed by atoms with E-state index >= 15 is 0 Å². The molecule has 0 fully saturated rings. The molecule has 4 nitrogen and oxygen atoms in total. The summed E-state index contributed by atoms with van der Waals surface area (Å²) in [6.45, 7) is 3.55. The van der Waals surface area contributed by atoms with E-state index in [-0.39, 0.29) is 0 Å². The first-order valence-electron chi connectivity index (χ1n) is 5.09. The zero-order valence-corrected chi connectivity index (χ0v) is 11.1. The highest BCUT2D eigenvalue weighted by Crippen LogP contribution is 2.23. The monoisotopic (exact) mass is 329 g/mol. The van der Waals surface area contributed by atoms with Crippen LogP contribution in [0.4, 0.5) is 0 Å². The van der Waals surface area contributed by atoms with E-state index < -0.39 is 0 Å².